The lowest BCUT2D eigenvalue weighted by atomic mass is 10.3. The number of aromatic amines is 1. The van der Waals surface area contributed by atoms with E-state index in [0.29, 0.717) is 12.2 Å². The van der Waals surface area contributed by atoms with Crippen LogP contribution in [0.2, 0.25) is 0 Å². The molecule has 0 spiro atoms. The topological polar surface area (TPSA) is 79.0 Å². The van der Waals surface area contributed by atoms with Crippen LogP contribution in [0.15, 0.2) is 28.2 Å². The van der Waals surface area contributed by atoms with Gasteiger partial charge in [-0.2, -0.15) is 11.8 Å². The summed E-state index contributed by atoms with van der Waals surface area (Å²) in [5, 5.41) is 0. The summed E-state index contributed by atoms with van der Waals surface area (Å²) in [4.78, 5) is 13.8. The standard InChI is InChI=1S/C10H16N2O3S2/c1-3-8(7-16-2)12-17(14,15)10-6-11-5-4-9(10)13/h4-6,8,12H,3,7H2,1-2H3,(H,11,13). The lowest BCUT2D eigenvalue weighted by Gasteiger charge is -2.15. The fourth-order valence-electron chi connectivity index (χ4n) is 1.33. The number of rotatable bonds is 6. The average molecular weight is 276 g/mol. The van der Waals surface area contributed by atoms with E-state index in [1.54, 1.807) is 11.8 Å². The van der Waals surface area contributed by atoms with Crippen LogP contribution in [-0.2, 0) is 10.0 Å². The Kier molecular flexibility index (Phi) is 5.23. The summed E-state index contributed by atoms with van der Waals surface area (Å²) in [5.74, 6) is 0.681. The van der Waals surface area contributed by atoms with E-state index in [1.165, 1.54) is 18.5 Å². The molecule has 0 saturated heterocycles. The van der Waals surface area contributed by atoms with Crippen molar-refractivity contribution in [2.45, 2.75) is 24.3 Å². The van der Waals surface area contributed by atoms with Crippen molar-refractivity contribution >= 4 is 21.8 Å². The zero-order valence-corrected chi connectivity index (χ0v) is 11.4. The summed E-state index contributed by atoms with van der Waals surface area (Å²) in [6, 6.07) is 1.04. The predicted octanol–water partition coefficient (Wildman–Crippen LogP) is 0.795. The lowest BCUT2D eigenvalue weighted by Crippen LogP contribution is -2.38. The second-order valence-corrected chi connectivity index (χ2v) is 6.15. The fraction of sp³-hybridized carbons (Fsp3) is 0.500. The third-order valence-electron chi connectivity index (χ3n) is 2.26. The van der Waals surface area contributed by atoms with Gasteiger partial charge in [-0.3, -0.25) is 4.79 Å². The monoisotopic (exact) mass is 276 g/mol. The van der Waals surface area contributed by atoms with Gasteiger partial charge in [-0.25, -0.2) is 13.1 Å². The number of nitrogens with one attached hydrogen (secondary N) is 2. The summed E-state index contributed by atoms with van der Waals surface area (Å²) in [6.45, 7) is 1.90. The quantitative estimate of drug-likeness (QED) is 0.805. The van der Waals surface area contributed by atoms with Crippen molar-refractivity contribution in [2.24, 2.45) is 0 Å². The first kappa shape index (κ1) is 14.3. The van der Waals surface area contributed by atoms with Crippen molar-refractivity contribution in [3.63, 3.8) is 0 Å². The molecular formula is C10H16N2O3S2. The maximum atomic E-state index is 12.0. The molecule has 1 rings (SSSR count). The maximum Gasteiger partial charge on any atom is 0.246 e. The molecule has 7 heteroatoms. The second-order valence-electron chi connectivity index (χ2n) is 3.55. The van der Waals surface area contributed by atoms with Gasteiger partial charge in [0.1, 0.15) is 4.90 Å². The van der Waals surface area contributed by atoms with Crippen molar-refractivity contribution in [1.29, 1.82) is 0 Å². The fourth-order valence-corrected chi connectivity index (χ4v) is 3.53. The molecule has 0 aliphatic carbocycles. The van der Waals surface area contributed by atoms with Gasteiger partial charge in [-0.15, -0.1) is 0 Å². The summed E-state index contributed by atoms with van der Waals surface area (Å²) in [7, 11) is -3.73. The van der Waals surface area contributed by atoms with Crippen LogP contribution in [0.25, 0.3) is 0 Å². The molecule has 1 unspecified atom stereocenters. The van der Waals surface area contributed by atoms with Gasteiger partial charge in [-0.05, 0) is 12.7 Å². The Bertz CT molecular complexity index is 510. The zero-order valence-electron chi connectivity index (χ0n) is 9.76. The highest BCUT2D eigenvalue weighted by Crippen LogP contribution is 2.06. The van der Waals surface area contributed by atoms with Gasteiger partial charge < -0.3 is 4.98 Å². The summed E-state index contributed by atoms with van der Waals surface area (Å²) in [5.41, 5.74) is -0.504. The second kappa shape index (κ2) is 6.23. The Balaban J connectivity index is 2.97. The molecule has 0 amide bonds. The van der Waals surface area contributed by atoms with Gasteiger partial charge in [0.05, 0.1) is 0 Å². The van der Waals surface area contributed by atoms with Crippen molar-refractivity contribution < 1.29 is 8.42 Å². The lowest BCUT2D eigenvalue weighted by molar-refractivity contribution is 0.557. The number of thioether (sulfide) groups is 1. The molecule has 0 aliphatic heterocycles. The Morgan fingerprint density at radius 2 is 2.24 bits per heavy atom. The summed E-state index contributed by atoms with van der Waals surface area (Å²) >= 11 is 1.56. The number of sulfonamides is 1. The molecule has 1 aromatic heterocycles. The average Bonchev–Trinajstić information content (AvgIpc) is 2.28. The highest BCUT2D eigenvalue weighted by Gasteiger charge is 2.21. The highest BCUT2D eigenvalue weighted by molar-refractivity contribution is 7.98. The zero-order chi connectivity index (χ0) is 12.9. The van der Waals surface area contributed by atoms with Crippen molar-refractivity contribution in [3.05, 3.63) is 28.7 Å². The van der Waals surface area contributed by atoms with Crippen LogP contribution >= 0.6 is 11.8 Å². The molecule has 0 saturated carbocycles. The Hall–Kier alpha value is -0.790. The van der Waals surface area contributed by atoms with E-state index in [0.717, 1.165) is 0 Å². The third kappa shape index (κ3) is 3.86. The SMILES string of the molecule is CCC(CSC)NS(=O)(=O)c1c[nH]ccc1=O. The molecule has 1 atom stereocenters. The van der Waals surface area contributed by atoms with Crippen LogP contribution in [0.3, 0.4) is 0 Å². The minimum absolute atomic E-state index is 0.158. The van der Waals surface area contributed by atoms with E-state index in [4.69, 9.17) is 0 Å². The number of aromatic nitrogens is 1. The van der Waals surface area contributed by atoms with Crippen LogP contribution in [0.4, 0.5) is 0 Å². The van der Waals surface area contributed by atoms with Gasteiger partial charge in [0.25, 0.3) is 0 Å². The Labute approximate surface area is 105 Å². The molecule has 2 N–H and O–H groups in total. The molecular weight excluding hydrogens is 260 g/mol. The van der Waals surface area contributed by atoms with Crippen LogP contribution < -0.4 is 10.2 Å². The number of hydrogen-bond acceptors (Lipinski definition) is 4. The van der Waals surface area contributed by atoms with Crippen LogP contribution in [0, 0.1) is 0 Å². The van der Waals surface area contributed by atoms with Gasteiger partial charge in [-0.1, -0.05) is 6.92 Å². The van der Waals surface area contributed by atoms with Crippen LogP contribution in [-0.4, -0.2) is 31.5 Å². The largest absolute Gasteiger partial charge is 0.366 e. The van der Waals surface area contributed by atoms with E-state index >= 15 is 0 Å². The van der Waals surface area contributed by atoms with E-state index in [1.807, 2.05) is 13.2 Å². The molecule has 0 radical (unpaired) electrons. The van der Waals surface area contributed by atoms with Crippen molar-refractivity contribution in [2.75, 3.05) is 12.0 Å². The van der Waals surface area contributed by atoms with E-state index in [2.05, 4.69) is 9.71 Å². The molecule has 17 heavy (non-hydrogen) atoms. The molecule has 0 aliphatic rings. The third-order valence-corrected chi connectivity index (χ3v) is 4.54. The number of H-pyrrole nitrogens is 1. The minimum Gasteiger partial charge on any atom is -0.366 e. The first-order chi connectivity index (χ1) is 8.01. The van der Waals surface area contributed by atoms with E-state index in [9.17, 15) is 13.2 Å². The van der Waals surface area contributed by atoms with Gasteiger partial charge in [0, 0.05) is 30.3 Å². The van der Waals surface area contributed by atoms with Crippen molar-refractivity contribution in [1.82, 2.24) is 9.71 Å². The number of pyridine rings is 1. The van der Waals surface area contributed by atoms with Crippen LogP contribution in [0.1, 0.15) is 13.3 Å². The predicted molar refractivity (Wildman–Crippen MR) is 69.8 cm³/mol. The summed E-state index contributed by atoms with van der Waals surface area (Å²) < 4.78 is 26.4. The van der Waals surface area contributed by atoms with Crippen molar-refractivity contribution in [3.8, 4) is 0 Å². The minimum atomic E-state index is -3.73. The molecule has 5 nitrogen and oxygen atoms in total. The highest BCUT2D eigenvalue weighted by atomic mass is 32.2. The van der Waals surface area contributed by atoms with Gasteiger partial charge >= 0.3 is 0 Å². The molecule has 0 bridgehead atoms. The first-order valence-electron chi connectivity index (χ1n) is 5.19. The molecule has 0 fully saturated rings. The Morgan fingerprint density at radius 3 is 2.76 bits per heavy atom. The van der Waals surface area contributed by atoms with Gasteiger partial charge in [0.15, 0.2) is 0 Å². The molecule has 1 aromatic rings. The smallest absolute Gasteiger partial charge is 0.246 e. The van der Waals surface area contributed by atoms with Crippen LogP contribution in [0.5, 0.6) is 0 Å². The maximum absolute atomic E-state index is 12.0. The Morgan fingerprint density at radius 1 is 1.53 bits per heavy atom. The van der Waals surface area contributed by atoms with E-state index in [-0.39, 0.29) is 10.9 Å². The molecule has 0 aromatic carbocycles. The molecule has 96 valence electrons. The van der Waals surface area contributed by atoms with E-state index < -0.39 is 15.5 Å². The number of hydrogen-bond donors (Lipinski definition) is 2. The molecule has 1 heterocycles. The first-order valence-corrected chi connectivity index (χ1v) is 8.07. The van der Waals surface area contributed by atoms with Gasteiger partial charge in [0.2, 0.25) is 15.5 Å². The normalized spacial score (nSPS) is 13.5. The summed E-state index contributed by atoms with van der Waals surface area (Å²) in [6.07, 6.45) is 5.20.